The lowest BCUT2D eigenvalue weighted by atomic mass is 10.3. The summed E-state index contributed by atoms with van der Waals surface area (Å²) in [5.41, 5.74) is 0. The van der Waals surface area contributed by atoms with Crippen molar-refractivity contribution >= 4 is 33.0 Å². The molecule has 0 saturated carbocycles. The van der Waals surface area contributed by atoms with E-state index in [0.29, 0.717) is 0 Å². The molecule has 22 heavy (non-hydrogen) atoms. The smallest absolute Gasteiger partial charge is 0.309 e. The normalized spacial score (nSPS) is 12.6. The molecular formula is C13H14N2O5S2. The summed E-state index contributed by atoms with van der Waals surface area (Å²) in [4.78, 5) is 22.7. The van der Waals surface area contributed by atoms with Crippen molar-refractivity contribution in [3.8, 4) is 0 Å². The molecule has 2 aromatic heterocycles. The second kappa shape index (κ2) is 6.75. The Bertz CT molecular complexity index is 736. The second-order valence-electron chi connectivity index (χ2n) is 4.27. The van der Waals surface area contributed by atoms with Crippen LogP contribution in [0.1, 0.15) is 11.0 Å². The number of likely N-dealkylation sites (N-methyl/N-ethyl adjacent to an activating group) is 1. The Morgan fingerprint density at radius 1 is 1.27 bits per heavy atom. The van der Waals surface area contributed by atoms with Gasteiger partial charge >= 0.3 is 11.8 Å². The fourth-order valence-electron chi connectivity index (χ4n) is 1.78. The van der Waals surface area contributed by atoms with Crippen molar-refractivity contribution in [3.05, 3.63) is 41.7 Å². The minimum absolute atomic E-state index is 0.170. The standard InChI is InChI=1S/C13H14N2O5S2/c1-14-12(16)13(17)15-8-10(9-4-2-6-20-9)22(18,19)11-5-3-7-21-11/h2-7,10H,8H2,1H3,(H,14,16)(H,15,17). The van der Waals surface area contributed by atoms with Crippen LogP contribution in [0, 0.1) is 0 Å². The number of carbonyl (C=O) groups is 2. The molecule has 0 aliphatic heterocycles. The second-order valence-corrected chi connectivity index (χ2v) is 7.58. The molecule has 0 aliphatic carbocycles. The molecule has 2 N–H and O–H groups in total. The van der Waals surface area contributed by atoms with Gasteiger partial charge in [0.15, 0.2) is 9.84 Å². The Morgan fingerprint density at radius 3 is 2.59 bits per heavy atom. The number of rotatable bonds is 5. The summed E-state index contributed by atoms with van der Waals surface area (Å²) in [5, 5.41) is 5.02. The zero-order valence-electron chi connectivity index (χ0n) is 11.6. The molecule has 0 radical (unpaired) electrons. The van der Waals surface area contributed by atoms with E-state index in [1.165, 1.54) is 25.4 Å². The van der Waals surface area contributed by atoms with E-state index < -0.39 is 26.9 Å². The zero-order chi connectivity index (χ0) is 16.2. The van der Waals surface area contributed by atoms with E-state index >= 15 is 0 Å². The Kier molecular flexibility index (Phi) is 4.99. The van der Waals surface area contributed by atoms with Gasteiger partial charge in [0.05, 0.1) is 6.26 Å². The number of sulfone groups is 1. The van der Waals surface area contributed by atoms with Crippen LogP contribution in [0.3, 0.4) is 0 Å². The van der Waals surface area contributed by atoms with Crippen molar-refractivity contribution in [2.24, 2.45) is 0 Å². The van der Waals surface area contributed by atoms with Gasteiger partial charge in [0.25, 0.3) is 0 Å². The molecule has 2 heterocycles. The molecule has 1 atom stereocenters. The fraction of sp³-hybridized carbons (Fsp3) is 0.231. The van der Waals surface area contributed by atoms with Crippen molar-refractivity contribution in [3.63, 3.8) is 0 Å². The third-order valence-electron chi connectivity index (χ3n) is 2.89. The third-order valence-corrected chi connectivity index (χ3v) is 6.38. The largest absolute Gasteiger partial charge is 0.468 e. The monoisotopic (exact) mass is 342 g/mol. The maximum absolute atomic E-state index is 12.6. The molecule has 7 nitrogen and oxygen atoms in total. The van der Waals surface area contributed by atoms with Crippen LogP contribution < -0.4 is 10.6 Å². The summed E-state index contributed by atoms with van der Waals surface area (Å²) in [6.07, 6.45) is 1.35. The highest BCUT2D eigenvalue weighted by atomic mass is 32.2. The van der Waals surface area contributed by atoms with Gasteiger partial charge in [0.2, 0.25) is 0 Å². The predicted molar refractivity (Wildman–Crippen MR) is 80.0 cm³/mol. The van der Waals surface area contributed by atoms with Gasteiger partial charge in [0.1, 0.15) is 15.2 Å². The highest BCUT2D eigenvalue weighted by Crippen LogP contribution is 2.31. The van der Waals surface area contributed by atoms with E-state index in [-0.39, 0.29) is 16.5 Å². The number of amides is 2. The van der Waals surface area contributed by atoms with Crippen LogP contribution in [-0.2, 0) is 19.4 Å². The van der Waals surface area contributed by atoms with Crippen molar-refractivity contribution < 1.29 is 22.4 Å². The summed E-state index contributed by atoms with van der Waals surface area (Å²) in [5.74, 6) is -1.54. The summed E-state index contributed by atoms with van der Waals surface area (Å²) in [6, 6.07) is 6.19. The quantitative estimate of drug-likeness (QED) is 0.779. The van der Waals surface area contributed by atoms with Crippen molar-refractivity contribution in [2.45, 2.75) is 9.46 Å². The maximum atomic E-state index is 12.6. The van der Waals surface area contributed by atoms with Crippen molar-refractivity contribution in [1.29, 1.82) is 0 Å². The molecule has 9 heteroatoms. The van der Waals surface area contributed by atoms with Gasteiger partial charge in [-0.1, -0.05) is 6.07 Å². The number of thiophene rings is 1. The van der Waals surface area contributed by atoms with Crippen molar-refractivity contribution in [2.75, 3.05) is 13.6 Å². The van der Waals surface area contributed by atoms with E-state index in [1.54, 1.807) is 17.5 Å². The van der Waals surface area contributed by atoms with Gasteiger partial charge in [-0.15, -0.1) is 11.3 Å². The summed E-state index contributed by atoms with van der Waals surface area (Å²) < 4.78 is 30.6. The number of hydrogen-bond donors (Lipinski definition) is 2. The minimum Gasteiger partial charge on any atom is -0.468 e. The topological polar surface area (TPSA) is 105 Å². The van der Waals surface area contributed by atoms with E-state index in [0.717, 1.165) is 11.3 Å². The zero-order valence-corrected chi connectivity index (χ0v) is 13.2. The van der Waals surface area contributed by atoms with Crippen LogP contribution in [0.4, 0.5) is 0 Å². The van der Waals surface area contributed by atoms with Gasteiger partial charge in [0, 0.05) is 13.6 Å². The molecule has 0 fully saturated rings. The van der Waals surface area contributed by atoms with Crippen LogP contribution in [0.5, 0.6) is 0 Å². The Morgan fingerprint density at radius 2 is 2.05 bits per heavy atom. The molecule has 0 bridgehead atoms. The lowest BCUT2D eigenvalue weighted by molar-refractivity contribution is -0.138. The lowest BCUT2D eigenvalue weighted by Gasteiger charge is -2.15. The van der Waals surface area contributed by atoms with E-state index in [2.05, 4.69) is 10.6 Å². The van der Waals surface area contributed by atoms with Gasteiger partial charge in [-0.3, -0.25) is 9.59 Å². The summed E-state index contributed by atoms with van der Waals surface area (Å²) in [6.45, 7) is -0.264. The van der Waals surface area contributed by atoms with Gasteiger partial charge in [-0.05, 0) is 23.6 Å². The summed E-state index contributed by atoms with van der Waals surface area (Å²) >= 11 is 1.08. The molecule has 0 aromatic carbocycles. The lowest BCUT2D eigenvalue weighted by Crippen LogP contribution is -2.40. The highest BCUT2D eigenvalue weighted by molar-refractivity contribution is 7.93. The number of furan rings is 1. The van der Waals surface area contributed by atoms with Gasteiger partial charge < -0.3 is 15.1 Å². The molecule has 2 rings (SSSR count). The molecule has 0 saturated heterocycles. The molecule has 0 aliphatic rings. The number of nitrogens with one attached hydrogen (secondary N) is 2. The molecule has 118 valence electrons. The first kappa shape index (κ1) is 16.2. The van der Waals surface area contributed by atoms with E-state index in [1.807, 2.05) is 0 Å². The molecule has 1 unspecified atom stereocenters. The average Bonchev–Trinajstić information content (AvgIpc) is 3.19. The Balaban J connectivity index is 2.26. The van der Waals surface area contributed by atoms with Gasteiger partial charge in [-0.25, -0.2) is 8.42 Å². The number of carbonyl (C=O) groups excluding carboxylic acids is 2. The van der Waals surface area contributed by atoms with Crippen LogP contribution >= 0.6 is 11.3 Å². The molecule has 2 aromatic rings. The number of hydrogen-bond acceptors (Lipinski definition) is 6. The van der Waals surface area contributed by atoms with Crippen LogP contribution in [-0.4, -0.2) is 33.8 Å². The van der Waals surface area contributed by atoms with Crippen LogP contribution in [0.15, 0.2) is 44.5 Å². The first-order valence-electron chi connectivity index (χ1n) is 6.27. The highest BCUT2D eigenvalue weighted by Gasteiger charge is 2.33. The van der Waals surface area contributed by atoms with Crippen LogP contribution in [0.25, 0.3) is 0 Å². The Hall–Kier alpha value is -2.13. The van der Waals surface area contributed by atoms with Crippen molar-refractivity contribution in [1.82, 2.24) is 10.6 Å². The minimum atomic E-state index is -3.73. The van der Waals surface area contributed by atoms with E-state index in [9.17, 15) is 18.0 Å². The van der Waals surface area contributed by atoms with E-state index in [4.69, 9.17) is 4.42 Å². The SMILES string of the molecule is CNC(=O)C(=O)NCC(c1ccco1)S(=O)(=O)c1cccs1. The maximum Gasteiger partial charge on any atom is 0.309 e. The first-order chi connectivity index (χ1) is 10.5. The average molecular weight is 342 g/mol. The Labute approximate surface area is 131 Å². The first-order valence-corrected chi connectivity index (χ1v) is 8.70. The van der Waals surface area contributed by atoms with Crippen LogP contribution in [0.2, 0.25) is 0 Å². The predicted octanol–water partition coefficient (Wildman–Crippen LogP) is 0.718. The molecule has 2 amide bonds. The third kappa shape index (κ3) is 3.37. The van der Waals surface area contributed by atoms with Gasteiger partial charge in [-0.2, -0.15) is 0 Å². The fourth-order valence-corrected chi connectivity index (χ4v) is 4.57. The molecular weight excluding hydrogens is 328 g/mol. The summed E-state index contributed by atoms with van der Waals surface area (Å²) in [7, 11) is -2.42. The molecule has 0 spiro atoms.